The highest BCUT2D eigenvalue weighted by molar-refractivity contribution is 5.78. The van der Waals surface area contributed by atoms with Crippen molar-refractivity contribution in [3.63, 3.8) is 0 Å². The van der Waals surface area contributed by atoms with Crippen LogP contribution in [0.2, 0.25) is 0 Å². The highest BCUT2D eigenvalue weighted by Gasteiger charge is 2.21. The van der Waals surface area contributed by atoms with Crippen LogP contribution in [0.1, 0.15) is 36.4 Å². The van der Waals surface area contributed by atoms with Gasteiger partial charge in [-0.15, -0.1) is 0 Å². The Kier molecular flexibility index (Phi) is 5.43. The standard InChI is InChI=1S/C20H25N3O2/c1-14(15-7-3-5-9-18(15)24-2)13-22-20(21)23-17-11-12-25-19-10-6-4-8-16(17)19/h3-10,14,17H,11-13H2,1-2H3,(H3,21,22,23). The van der Waals surface area contributed by atoms with Crippen LogP contribution in [0.3, 0.4) is 0 Å². The van der Waals surface area contributed by atoms with Crippen LogP contribution >= 0.6 is 0 Å². The van der Waals surface area contributed by atoms with E-state index in [4.69, 9.17) is 15.2 Å². The quantitative estimate of drug-likeness (QED) is 0.648. The first-order valence-electron chi connectivity index (χ1n) is 8.60. The van der Waals surface area contributed by atoms with Crippen LogP contribution in [0.15, 0.2) is 53.5 Å². The smallest absolute Gasteiger partial charge is 0.189 e. The minimum Gasteiger partial charge on any atom is -0.496 e. The van der Waals surface area contributed by atoms with Crippen LogP contribution in [0.5, 0.6) is 11.5 Å². The van der Waals surface area contributed by atoms with Gasteiger partial charge in [0.05, 0.1) is 19.8 Å². The molecule has 0 amide bonds. The van der Waals surface area contributed by atoms with Gasteiger partial charge in [0.25, 0.3) is 0 Å². The number of fused-ring (bicyclic) bond motifs is 1. The average Bonchev–Trinajstić information content (AvgIpc) is 2.66. The lowest BCUT2D eigenvalue weighted by molar-refractivity contribution is 0.262. The maximum Gasteiger partial charge on any atom is 0.189 e. The second-order valence-electron chi connectivity index (χ2n) is 6.24. The van der Waals surface area contributed by atoms with Crippen LogP contribution in [0.25, 0.3) is 0 Å². The summed E-state index contributed by atoms with van der Waals surface area (Å²) in [5, 5.41) is 3.33. The van der Waals surface area contributed by atoms with Crippen molar-refractivity contribution in [1.29, 1.82) is 0 Å². The van der Waals surface area contributed by atoms with E-state index in [-0.39, 0.29) is 12.0 Å². The van der Waals surface area contributed by atoms with Gasteiger partial charge in [0.15, 0.2) is 5.96 Å². The molecule has 0 saturated carbocycles. The van der Waals surface area contributed by atoms with E-state index in [2.05, 4.69) is 29.4 Å². The molecule has 132 valence electrons. The Labute approximate surface area is 148 Å². The Morgan fingerprint density at radius 1 is 1.28 bits per heavy atom. The molecule has 1 aliphatic heterocycles. The summed E-state index contributed by atoms with van der Waals surface area (Å²) in [6.45, 7) is 3.40. The number of ether oxygens (including phenoxy) is 2. The molecule has 2 aromatic carbocycles. The summed E-state index contributed by atoms with van der Waals surface area (Å²) in [4.78, 5) is 4.53. The van der Waals surface area contributed by atoms with Crippen LogP contribution in [0.4, 0.5) is 0 Å². The van der Waals surface area contributed by atoms with Crippen molar-refractivity contribution in [3.8, 4) is 11.5 Å². The summed E-state index contributed by atoms with van der Waals surface area (Å²) in [5.41, 5.74) is 8.39. The van der Waals surface area contributed by atoms with Gasteiger partial charge in [-0.3, -0.25) is 4.99 Å². The number of hydrogen-bond acceptors (Lipinski definition) is 3. The topological polar surface area (TPSA) is 68.9 Å². The molecule has 5 heteroatoms. The van der Waals surface area contributed by atoms with Gasteiger partial charge in [0.2, 0.25) is 0 Å². The zero-order valence-electron chi connectivity index (χ0n) is 14.7. The fourth-order valence-electron chi connectivity index (χ4n) is 3.12. The van der Waals surface area contributed by atoms with Gasteiger partial charge >= 0.3 is 0 Å². The fraction of sp³-hybridized carbons (Fsp3) is 0.350. The van der Waals surface area contributed by atoms with Crippen molar-refractivity contribution < 1.29 is 9.47 Å². The van der Waals surface area contributed by atoms with Gasteiger partial charge in [-0.1, -0.05) is 43.3 Å². The Hall–Kier alpha value is -2.69. The molecule has 2 aromatic rings. The zero-order chi connectivity index (χ0) is 17.6. The molecule has 1 aliphatic rings. The number of nitrogens with two attached hydrogens (primary N) is 1. The van der Waals surface area contributed by atoms with Crippen LogP contribution in [0, 0.1) is 0 Å². The minimum atomic E-state index is 0.135. The van der Waals surface area contributed by atoms with Crippen molar-refractivity contribution >= 4 is 5.96 Å². The molecular formula is C20H25N3O2. The number of rotatable bonds is 5. The molecule has 25 heavy (non-hydrogen) atoms. The first-order chi connectivity index (χ1) is 12.2. The summed E-state index contributed by atoms with van der Waals surface area (Å²) >= 11 is 0. The van der Waals surface area contributed by atoms with Gasteiger partial charge in [-0.05, 0) is 17.7 Å². The molecule has 0 aromatic heterocycles. The molecule has 0 bridgehead atoms. The monoisotopic (exact) mass is 339 g/mol. The Morgan fingerprint density at radius 2 is 2.04 bits per heavy atom. The summed E-state index contributed by atoms with van der Waals surface area (Å²) in [5.74, 6) is 2.48. The number of nitrogens with zero attached hydrogens (tertiary/aromatic N) is 1. The summed E-state index contributed by atoms with van der Waals surface area (Å²) < 4.78 is 11.1. The molecular weight excluding hydrogens is 314 g/mol. The number of nitrogens with one attached hydrogen (secondary N) is 1. The van der Waals surface area contributed by atoms with E-state index in [0.717, 1.165) is 29.0 Å². The molecule has 0 saturated heterocycles. The lowest BCUT2D eigenvalue weighted by Gasteiger charge is -2.27. The van der Waals surface area contributed by atoms with Crippen molar-refractivity contribution in [2.45, 2.75) is 25.3 Å². The van der Waals surface area contributed by atoms with Gasteiger partial charge in [-0.2, -0.15) is 0 Å². The first kappa shape index (κ1) is 17.1. The zero-order valence-corrected chi connectivity index (χ0v) is 14.7. The highest BCUT2D eigenvalue weighted by atomic mass is 16.5. The Balaban J connectivity index is 1.65. The third-order valence-electron chi connectivity index (χ3n) is 4.49. The molecule has 3 N–H and O–H groups in total. The van der Waals surface area contributed by atoms with Gasteiger partial charge in [0, 0.05) is 24.4 Å². The van der Waals surface area contributed by atoms with E-state index in [9.17, 15) is 0 Å². The Bertz CT molecular complexity index is 745. The normalized spacial score (nSPS) is 18.0. The van der Waals surface area contributed by atoms with E-state index in [1.807, 2.05) is 36.4 Å². The predicted octanol–water partition coefficient (Wildman–Crippen LogP) is 3.23. The second kappa shape index (κ2) is 7.92. The maximum atomic E-state index is 6.13. The largest absolute Gasteiger partial charge is 0.496 e. The van der Waals surface area contributed by atoms with Crippen LogP contribution in [-0.4, -0.2) is 26.2 Å². The Morgan fingerprint density at radius 3 is 2.88 bits per heavy atom. The number of para-hydroxylation sites is 2. The fourth-order valence-corrected chi connectivity index (χ4v) is 3.12. The van der Waals surface area contributed by atoms with Crippen molar-refractivity contribution in [1.82, 2.24) is 5.32 Å². The van der Waals surface area contributed by atoms with Crippen LogP contribution in [-0.2, 0) is 0 Å². The van der Waals surface area contributed by atoms with Crippen molar-refractivity contribution in [2.24, 2.45) is 10.7 Å². The van der Waals surface area contributed by atoms with Crippen molar-refractivity contribution in [2.75, 3.05) is 20.3 Å². The summed E-state index contributed by atoms with van der Waals surface area (Å²) in [7, 11) is 1.69. The molecule has 0 spiro atoms. The molecule has 2 atom stereocenters. The van der Waals surface area contributed by atoms with E-state index < -0.39 is 0 Å². The van der Waals surface area contributed by atoms with Gasteiger partial charge in [0.1, 0.15) is 11.5 Å². The van der Waals surface area contributed by atoms with Crippen LogP contribution < -0.4 is 20.5 Å². The maximum absolute atomic E-state index is 6.13. The second-order valence-corrected chi connectivity index (χ2v) is 6.24. The predicted molar refractivity (Wildman–Crippen MR) is 100 cm³/mol. The summed E-state index contributed by atoms with van der Waals surface area (Å²) in [6, 6.07) is 16.2. The lowest BCUT2D eigenvalue weighted by atomic mass is 10.00. The third kappa shape index (κ3) is 4.05. The molecule has 0 aliphatic carbocycles. The molecule has 3 rings (SSSR count). The molecule has 0 fully saturated rings. The number of aliphatic imine (C=N–C) groups is 1. The number of hydrogen-bond donors (Lipinski definition) is 2. The molecule has 5 nitrogen and oxygen atoms in total. The lowest BCUT2D eigenvalue weighted by Crippen LogP contribution is -2.37. The SMILES string of the molecule is COc1ccccc1C(C)CN=C(N)NC1CCOc2ccccc21. The molecule has 2 unspecified atom stereocenters. The van der Waals surface area contributed by atoms with Crippen molar-refractivity contribution in [3.05, 3.63) is 59.7 Å². The van der Waals surface area contributed by atoms with Gasteiger partial charge in [-0.25, -0.2) is 0 Å². The molecule has 0 radical (unpaired) electrons. The van der Waals surface area contributed by atoms with E-state index in [0.29, 0.717) is 19.1 Å². The van der Waals surface area contributed by atoms with E-state index in [1.165, 1.54) is 0 Å². The first-order valence-corrected chi connectivity index (χ1v) is 8.60. The number of benzene rings is 2. The number of methoxy groups -OCH3 is 1. The highest BCUT2D eigenvalue weighted by Crippen LogP contribution is 2.31. The molecule has 1 heterocycles. The van der Waals surface area contributed by atoms with E-state index in [1.54, 1.807) is 7.11 Å². The summed E-state index contributed by atoms with van der Waals surface area (Å²) in [6.07, 6.45) is 0.870. The van der Waals surface area contributed by atoms with Gasteiger partial charge < -0.3 is 20.5 Å². The third-order valence-corrected chi connectivity index (χ3v) is 4.49. The minimum absolute atomic E-state index is 0.135. The van der Waals surface area contributed by atoms with E-state index >= 15 is 0 Å². The average molecular weight is 339 g/mol. The number of guanidine groups is 1.